The zero-order valence-corrected chi connectivity index (χ0v) is 19.3. The number of aryl methyl sites for hydroxylation is 2. The normalized spacial score (nSPS) is 19.1. The number of amides is 1. The van der Waals surface area contributed by atoms with Crippen LogP contribution in [0.4, 0.5) is 0 Å². The number of hydrazone groups is 1. The molecule has 0 N–H and O–H groups in total. The zero-order chi connectivity index (χ0) is 22.7. The lowest BCUT2D eigenvalue weighted by Crippen LogP contribution is -2.43. The monoisotopic (exact) mass is 437 g/mol. The number of hydrogen-bond donors (Lipinski definition) is 0. The van der Waals surface area contributed by atoms with Crippen LogP contribution < -0.4 is 9.47 Å². The van der Waals surface area contributed by atoms with Crippen LogP contribution in [0.3, 0.4) is 0 Å². The molecule has 170 valence electrons. The molecule has 2 aromatic carbocycles. The maximum Gasteiger partial charge on any atom is 0.257 e. The van der Waals surface area contributed by atoms with Gasteiger partial charge in [0.05, 0.1) is 45.7 Å². The molecule has 2 aliphatic heterocycles. The van der Waals surface area contributed by atoms with Gasteiger partial charge in [-0.15, -0.1) is 0 Å². The summed E-state index contributed by atoms with van der Waals surface area (Å²) in [4.78, 5) is 15.5. The van der Waals surface area contributed by atoms with Crippen LogP contribution in [-0.4, -0.2) is 68.6 Å². The summed E-state index contributed by atoms with van der Waals surface area (Å²) in [7, 11) is 3.27. The van der Waals surface area contributed by atoms with E-state index in [2.05, 4.69) is 36.9 Å². The standard InChI is InChI=1S/C25H31N3O4/c1-17-5-6-18(2)21(13-17)22-15-23(20-8-7-19(30-3)14-24(20)31-4)28(26-22)25(29)16-27-9-11-32-12-10-27/h5-8,13-14,23H,9-12,15-16H2,1-4H3. The quantitative estimate of drug-likeness (QED) is 0.694. The fourth-order valence-corrected chi connectivity index (χ4v) is 4.31. The minimum Gasteiger partial charge on any atom is -0.497 e. The van der Waals surface area contributed by atoms with Gasteiger partial charge in [0, 0.05) is 36.7 Å². The van der Waals surface area contributed by atoms with E-state index < -0.39 is 0 Å². The van der Waals surface area contributed by atoms with E-state index in [0.717, 1.165) is 35.5 Å². The molecule has 0 aromatic heterocycles. The highest BCUT2D eigenvalue weighted by Gasteiger charge is 2.36. The number of morpholine rings is 1. The SMILES string of the molecule is COc1ccc(C2CC(c3cc(C)ccc3C)=NN2C(=O)CN2CCOCC2)c(OC)c1. The summed E-state index contributed by atoms with van der Waals surface area (Å²) in [6.45, 7) is 7.29. The van der Waals surface area contributed by atoms with Crippen LogP contribution in [0.25, 0.3) is 0 Å². The number of benzene rings is 2. The number of rotatable bonds is 6. The van der Waals surface area contributed by atoms with Crippen molar-refractivity contribution in [2.45, 2.75) is 26.3 Å². The molecule has 2 heterocycles. The Bertz CT molecular complexity index is 1010. The van der Waals surface area contributed by atoms with Gasteiger partial charge in [-0.3, -0.25) is 9.69 Å². The van der Waals surface area contributed by atoms with Gasteiger partial charge in [0.25, 0.3) is 5.91 Å². The lowest BCUT2D eigenvalue weighted by atomic mass is 9.94. The Hall–Kier alpha value is -2.90. The van der Waals surface area contributed by atoms with E-state index >= 15 is 0 Å². The maximum atomic E-state index is 13.4. The van der Waals surface area contributed by atoms with Crippen molar-refractivity contribution >= 4 is 11.6 Å². The van der Waals surface area contributed by atoms with Crippen molar-refractivity contribution < 1.29 is 19.0 Å². The van der Waals surface area contributed by atoms with E-state index in [1.165, 1.54) is 5.56 Å². The van der Waals surface area contributed by atoms with E-state index in [1.54, 1.807) is 19.2 Å². The number of nitrogens with zero attached hydrogens (tertiary/aromatic N) is 3. The summed E-state index contributed by atoms with van der Waals surface area (Å²) in [5.74, 6) is 1.39. The van der Waals surface area contributed by atoms with E-state index in [9.17, 15) is 4.79 Å². The third kappa shape index (κ3) is 4.64. The van der Waals surface area contributed by atoms with Gasteiger partial charge in [0.1, 0.15) is 11.5 Å². The molecule has 1 saturated heterocycles. The summed E-state index contributed by atoms with van der Waals surface area (Å²) >= 11 is 0. The van der Waals surface area contributed by atoms with Gasteiger partial charge in [-0.25, -0.2) is 5.01 Å². The molecule has 0 bridgehead atoms. The third-order valence-electron chi connectivity index (χ3n) is 6.13. The van der Waals surface area contributed by atoms with E-state index in [4.69, 9.17) is 19.3 Å². The molecule has 1 amide bonds. The van der Waals surface area contributed by atoms with Gasteiger partial charge in [-0.05, 0) is 37.6 Å². The molecular formula is C25H31N3O4. The van der Waals surface area contributed by atoms with Gasteiger partial charge in [0.2, 0.25) is 0 Å². The minimum absolute atomic E-state index is 0.0184. The molecule has 7 nitrogen and oxygen atoms in total. The molecule has 0 radical (unpaired) electrons. The van der Waals surface area contributed by atoms with Crippen molar-refractivity contribution in [3.8, 4) is 11.5 Å². The highest BCUT2D eigenvalue weighted by atomic mass is 16.5. The van der Waals surface area contributed by atoms with Crippen LogP contribution in [0.1, 0.15) is 34.7 Å². The van der Waals surface area contributed by atoms with Gasteiger partial charge >= 0.3 is 0 Å². The minimum atomic E-state index is -0.237. The Labute approximate surface area is 189 Å². The second kappa shape index (κ2) is 9.71. The van der Waals surface area contributed by atoms with Crippen molar-refractivity contribution in [3.05, 3.63) is 58.7 Å². The molecule has 7 heteroatoms. The number of ether oxygens (including phenoxy) is 3. The summed E-state index contributed by atoms with van der Waals surface area (Å²) in [5, 5.41) is 6.51. The topological polar surface area (TPSA) is 63.6 Å². The zero-order valence-electron chi connectivity index (χ0n) is 19.3. The van der Waals surface area contributed by atoms with Crippen LogP contribution in [0.5, 0.6) is 11.5 Å². The molecule has 1 fully saturated rings. The first-order valence-electron chi connectivity index (χ1n) is 11.0. The first kappa shape index (κ1) is 22.3. The third-order valence-corrected chi connectivity index (χ3v) is 6.13. The molecule has 1 atom stereocenters. The smallest absolute Gasteiger partial charge is 0.257 e. The molecule has 2 aromatic rings. The summed E-state index contributed by atoms with van der Waals surface area (Å²) < 4.78 is 16.5. The number of methoxy groups -OCH3 is 2. The predicted molar refractivity (Wildman–Crippen MR) is 123 cm³/mol. The predicted octanol–water partition coefficient (Wildman–Crippen LogP) is 3.33. The molecule has 2 aliphatic rings. The van der Waals surface area contributed by atoms with Gasteiger partial charge in [0.15, 0.2) is 0 Å². The lowest BCUT2D eigenvalue weighted by Gasteiger charge is -2.29. The summed E-state index contributed by atoms with van der Waals surface area (Å²) in [6.07, 6.45) is 0.627. The summed E-state index contributed by atoms with van der Waals surface area (Å²) in [6, 6.07) is 11.8. The second-order valence-corrected chi connectivity index (χ2v) is 8.32. The van der Waals surface area contributed by atoms with Crippen LogP contribution >= 0.6 is 0 Å². The van der Waals surface area contributed by atoms with Crippen molar-refractivity contribution in [2.24, 2.45) is 5.10 Å². The number of carbonyl (C=O) groups excluding carboxylic acids is 1. The van der Waals surface area contributed by atoms with Crippen molar-refractivity contribution in [3.63, 3.8) is 0 Å². The van der Waals surface area contributed by atoms with Gasteiger partial charge in [-0.2, -0.15) is 5.10 Å². The molecule has 0 aliphatic carbocycles. The van der Waals surface area contributed by atoms with Crippen LogP contribution in [0.15, 0.2) is 41.5 Å². The van der Waals surface area contributed by atoms with Gasteiger partial charge in [-0.1, -0.05) is 17.7 Å². The molecule has 0 saturated carbocycles. The average Bonchev–Trinajstić information content (AvgIpc) is 3.26. The summed E-state index contributed by atoms with van der Waals surface area (Å²) in [5.41, 5.74) is 5.25. The fourth-order valence-electron chi connectivity index (χ4n) is 4.31. The van der Waals surface area contributed by atoms with Gasteiger partial charge < -0.3 is 14.2 Å². The molecular weight excluding hydrogens is 406 g/mol. The largest absolute Gasteiger partial charge is 0.497 e. The Morgan fingerprint density at radius 3 is 2.59 bits per heavy atom. The van der Waals surface area contributed by atoms with E-state index in [1.807, 2.05) is 18.2 Å². The Morgan fingerprint density at radius 1 is 1.09 bits per heavy atom. The Kier molecular flexibility index (Phi) is 6.77. The Balaban J connectivity index is 1.69. The molecule has 0 spiro atoms. The number of carbonyl (C=O) groups is 1. The highest BCUT2D eigenvalue weighted by Crippen LogP contribution is 2.39. The van der Waals surface area contributed by atoms with Crippen molar-refractivity contribution in [1.29, 1.82) is 0 Å². The first-order valence-corrected chi connectivity index (χ1v) is 11.0. The van der Waals surface area contributed by atoms with Crippen LogP contribution in [0.2, 0.25) is 0 Å². The van der Waals surface area contributed by atoms with E-state index in [-0.39, 0.29) is 11.9 Å². The van der Waals surface area contributed by atoms with Crippen molar-refractivity contribution in [1.82, 2.24) is 9.91 Å². The molecule has 4 rings (SSSR count). The van der Waals surface area contributed by atoms with Crippen LogP contribution in [0, 0.1) is 13.8 Å². The average molecular weight is 438 g/mol. The highest BCUT2D eigenvalue weighted by molar-refractivity contribution is 6.04. The first-order chi connectivity index (χ1) is 15.5. The second-order valence-electron chi connectivity index (χ2n) is 8.32. The fraction of sp³-hybridized carbons (Fsp3) is 0.440. The Morgan fingerprint density at radius 2 is 1.88 bits per heavy atom. The number of hydrogen-bond acceptors (Lipinski definition) is 6. The lowest BCUT2D eigenvalue weighted by molar-refractivity contribution is -0.135. The van der Waals surface area contributed by atoms with Crippen molar-refractivity contribution in [2.75, 3.05) is 47.1 Å². The van der Waals surface area contributed by atoms with Crippen LogP contribution in [-0.2, 0) is 9.53 Å². The van der Waals surface area contributed by atoms with E-state index in [0.29, 0.717) is 37.7 Å². The molecule has 32 heavy (non-hydrogen) atoms. The molecule has 1 unspecified atom stereocenters. The maximum absolute atomic E-state index is 13.4.